The molecule has 4 aromatic carbocycles. The van der Waals surface area contributed by atoms with Gasteiger partial charge >= 0.3 is 23.9 Å². The first-order chi connectivity index (χ1) is 24.1. The number of benzene rings is 4. The molecule has 0 unspecified atom stereocenters. The van der Waals surface area contributed by atoms with Crippen LogP contribution < -0.4 is 9.47 Å². The lowest BCUT2D eigenvalue weighted by Crippen LogP contribution is -2.09. The van der Waals surface area contributed by atoms with Crippen LogP contribution in [0.1, 0.15) is 96.3 Å². The van der Waals surface area contributed by atoms with Gasteiger partial charge in [-0.25, -0.2) is 19.2 Å². The van der Waals surface area contributed by atoms with Crippen molar-refractivity contribution in [3.63, 3.8) is 0 Å². The molecule has 0 aliphatic heterocycles. The molecule has 9 nitrogen and oxygen atoms in total. The lowest BCUT2D eigenvalue weighted by atomic mass is 10.0. The van der Waals surface area contributed by atoms with Gasteiger partial charge in [0.05, 0.1) is 17.7 Å². The number of esters is 3. The Kier molecular flexibility index (Phi) is 16.8. The van der Waals surface area contributed by atoms with Gasteiger partial charge in [0.25, 0.3) is 0 Å². The van der Waals surface area contributed by atoms with E-state index in [1.54, 1.807) is 25.1 Å². The molecule has 0 aromatic heterocycles. The highest BCUT2D eigenvalue weighted by atomic mass is 16.5. The van der Waals surface area contributed by atoms with E-state index in [0.717, 1.165) is 11.1 Å². The van der Waals surface area contributed by atoms with Crippen LogP contribution in [0.15, 0.2) is 121 Å². The van der Waals surface area contributed by atoms with E-state index in [1.165, 1.54) is 48.4 Å². The molecule has 0 saturated heterocycles. The number of rotatable bonds is 11. The molecule has 51 heavy (non-hydrogen) atoms. The number of carbonyl (C=O) groups excluding carboxylic acids is 3. The summed E-state index contributed by atoms with van der Waals surface area (Å²) in [7, 11) is 0. The minimum atomic E-state index is -1.07. The van der Waals surface area contributed by atoms with Crippen LogP contribution in [0.4, 0.5) is 0 Å². The summed E-state index contributed by atoms with van der Waals surface area (Å²) in [5, 5.41) is 17.5. The molecule has 268 valence electrons. The van der Waals surface area contributed by atoms with Crippen LogP contribution in [0.2, 0.25) is 0 Å². The lowest BCUT2D eigenvalue weighted by Gasteiger charge is -2.09. The van der Waals surface area contributed by atoms with E-state index >= 15 is 0 Å². The average Bonchev–Trinajstić information content (AvgIpc) is 3.11. The molecule has 0 spiro atoms. The van der Waals surface area contributed by atoms with Crippen molar-refractivity contribution < 1.29 is 43.6 Å². The molecule has 0 bridgehead atoms. The number of hydrogen-bond donors (Lipinski definition) is 2. The van der Waals surface area contributed by atoms with E-state index in [0.29, 0.717) is 17.4 Å². The van der Waals surface area contributed by atoms with Crippen LogP contribution in [0, 0.1) is 0 Å². The summed E-state index contributed by atoms with van der Waals surface area (Å²) in [5.74, 6) is -1.13. The van der Waals surface area contributed by atoms with Crippen molar-refractivity contribution in [3.05, 3.63) is 155 Å². The van der Waals surface area contributed by atoms with Crippen molar-refractivity contribution >= 4 is 23.9 Å². The summed E-state index contributed by atoms with van der Waals surface area (Å²) in [4.78, 5) is 45.5. The molecule has 4 rings (SSSR count). The third kappa shape index (κ3) is 14.7. The van der Waals surface area contributed by atoms with Crippen LogP contribution in [0.3, 0.4) is 0 Å². The minimum absolute atomic E-state index is 0.0713. The summed E-state index contributed by atoms with van der Waals surface area (Å²) < 4.78 is 15.3. The number of carboxylic acid groups (broad SMARTS) is 1. The maximum Gasteiger partial charge on any atom is 0.338 e. The Balaban J connectivity index is 0.000000293. The van der Waals surface area contributed by atoms with Gasteiger partial charge in [-0.3, -0.25) is 0 Å². The van der Waals surface area contributed by atoms with Gasteiger partial charge in [0.15, 0.2) is 0 Å². The Morgan fingerprint density at radius 1 is 0.627 bits per heavy atom. The largest absolute Gasteiger partial charge is 0.478 e. The Hall–Kier alpha value is -5.80. The van der Waals surface area contributed by atoms with Crippen LogP contribution in [0.5, 0.6) is 11.5 Å². The predicted molar refractivity (Wildman–Crippen MR) is 197 cm³/mol. The van der Waals surface area contributed by atoms with Crippen molar-refractivity contribution in [2.75, 3.05) is 0 Å². The fraction of sp³-hybridized carbons (Fsp3) is 0.238. The second-order valence-electron chi connectivity index (χ2n) is 12.2. The minimum Gasteiger partial charge on any atom is -0.478 e. The molecular weight excluding hydrogens is 648 g/mol. The number of hydrogen-bond acceptors (Lipinski definition) is 8. The number of aliphatic hydroxyl groups is 1. The number of ether oxygens (including phenoxy) is 3. The molecule has 0 saturated carbocycles. The van der Waals surface area contributed by atoms with Crippen LogP contribution in [-0.2, 0) is 27.5 Å². The molecule has 0 radical (unpaired) electrons. The third-order valence-electron chi connectivity index (χ3n) is 7.11. The summed E-state index contributed by atoms with van der Waals surface area (Å²) >= 11 is 0. The first kappa shape index (κ1) is 41.4. The van der Waals surface area contributed by atoms with E-state index < -0.39 is 23.9 Å². The maximum absolute atomic E-state index is 12.2. The molecule has 0 heterocycles. The van der Waals surface area contributed by atoms with Gasteiger partial charge in [-0.15, -0.1) is 0 Å². The SMILES string of the molecule is C=C(C)C(=O)Oc1cccc(C(=O)O)c1.C=C(C)C(=O)Oc1cccc(C(=O)OCc2ccc(C(C)C)cc2)c1.CC(C)c1ccc(CO)cc1. The van der Waals surface area contributed by atoms with Gasteiger partial charge in [0, 0.05) is 11.1 Å². The van der Waals surface area contributed by atoms with E-state index in [9.17, 15) is 19.2 Å². The normalized spacial score (nSPS) is 10.1. The van der Waals surface area contributed by atoms with Crippen molar-refractivity contribution in [1.82, 2.24) is 0 Å². The zero-order valence-electron chi connectivity index (χ0n) is 30.0. The van der Waals surface area contributed by atoms with Crippen molar-refractivity contribution in [2.24, 2.45) is 0 Å². The monoisotopic (exact) mass is 694 g/mol. The summed E-state index contributed by atoms with van der Waals surface area (Å²) in [5.41, 5.74) is 5.41. The number of aromatic carboxylic acids is 1. The molecule has 9 heteroatoms. The maximum atomic E-state index is 12.2. The van der Waals surface area contributed by atoms with Crippen molar-refractivity contribution in [1.29, 1.82) is 0 Å². The topological polar surface area (TPSA) is 136 Å². The molecule has 0 amide bonds. The highest BCUT2D eigenvalue weighted by Gasteiger charge is 2.12. The van der Waals surface area contributed by atoms with E-state index in [2.05, 4.69) is 53.0 Å². The summed E-state index contributed by atoms with van der Waals surface area (Å²) in [6, 6.07) is 28.1. The van der Waals surface area contributed by atoms with Gasteiger partial charge in [-0.2, -0.15) is 0 Å². The van der Waals surface area contributed by atoms with Gasteiger partial charge < -0.3 is 24.4 Å². The zero-order chi connectivity index (χ0) is 38.1. The van der Waals surface area contributed by atoms with Gasteiger partial charge in [0.1, 0.15) is 18.1 Å². The van der Waals surface area contributed by atoms with E-state index in [4.69, 9.17) is 24.4 Å². The number of carbonyl (C=O) groups is 4. The van der Waals surface area contributed by atoms with Crippen molar-refractivity contribution in [2.45, 2.75) is 66.6 Å². The van der Waals surface area contributed by atoms with E-state index in [1.807, 2.05) is 36.4 Å². The van der Waals surface area contributed by atoms with Crippen LogP contribution in [0.25, 0.3) is 0 Å². The second-order valence-corrected chi connectivity index (χ2v) is 12.2. The Morgan fingerprint density at radius 3 is 1.43 bits per heavy atom. The Morgan fingerprint density at radius 2 is 1.04 bits per heavy atom. The summed E-state index contributed by atoms with van der Waals surface area (Å²) in [6.45, 7) is 18.9. The van der Waals surface area contributed by atoms with Gasteiger partial charge in [0.2, 0.25) is 0 Å². The molecule has 0 fully saturated rings. The molecule has 4 aromatic rings. The fourth-order valence-electron chi connectivity index (χ4n) is 4.01. The fourth-order valence-corrected chi connectivity index (χ4v) is 4.01. The first-order valence-electron chi connectivity index (χ1n) is 16.3. The molecule has 2 N–H and O–H groups in total. The van der Waals surface area contributed by atoms with Gasteiger partial charge in [-0.1, -0.05) is 102 Å². The van der Waals surface area contributed by atoms with E-state index in [-0.39, 0.29) is 41.4 Å². The first-order valence-corrected chi connectivity index (χ1v) is 16.3. The summed E-state index contributed by atoms with van der Waals surface area (Å²) in [6.07, 6.45) is 0. The molecular formula is C42H46O9. The van der Waals surface area contributed by atoms with Crippen LogP contribution in [-0.4, -0.2) is 34.1 Å². The second kappa shape index (κ2) is 20.7. The van der Waals surface area contributed by atoms with Crippen molar-refractivity contribution in [3.8, 4) is 11.5 Å². The van der Waals surface area contributed by atoms with Crippen LogP contribution >= 0.6 is 0 Å². The predicted octanol–water partition coefficient (Wildman–Crippen LogP) is 8.82. The Labute approximate surface area is 299 Å². The average molecular weight is 695 g/mol. The van der Waals surface area contributed by atoms with Gasteiger partial charge in [-0.05, 0) is 84.3 Å². The Bertz CT molecular complexity index is 1800. The smallest absolute Gasteiger partial charge is 0.338 e. The highest BCUT2D eigenvalue weighted by molar-refractivity contribution is 5.92. The molecule has 0 aliphatic carbocycles. The standard InChI is InChI=1S/C21H22O4.C11H10O4.C10H14O/c1-14(2)17-10-8-16(9-11-17)13-24-21(23)18-6-5-7-19(12-18)25-20(22)15(3)4;1-7(2)11(14)15-9-5-3-4-8(6-9)10(12)13;1-8(2)10-5-3-9(7-11)4-6-10/h5-12,14H,3,13H2,1-2,4H3;3-6H,1H2,2H3,(H,12,13);3-6,8,11H,7H2,1-2H3. The lowest BCUT2D eigenvalue weighted by molar-refractivity contribution is -0.130. The molecule has 0 aliphatic rings. The highest BCUT2D eigenvalue weighted by Crippen LogP contribution is 2.19. The quantitative estimate of drug-likeness (QED) is 0.0896. The molecule has 0 atom stereocenters. The zero-order valence-corrected chi connectivity index (χ0v) is 30.0. The third-order valence-corrected chi connectivity index (χ3v) is 7.11. The number of carboxylic acids is 1. The number of aliphatic hydroxyl groups excluding tert-OH is 1.